The van der Waals surface area contributed by atoms with Gasteiger partial charge in [-0.1, -0.05) is 21.1 Å². The lowest BCUT2D eigenvalue weighted by atomic mass is 9.97. The Hall–Kier alpha value is -2.91. The van der Waals surface area contributed by atoms with Crippen LogP contribution in [0, 0.1) is 5.92 Å². The molecule has 8 nitrogen and oxygen atoms in total. The standard InChI is InChI=1S/C22H21BrN4O4/c23-16-5-3-14(4-6-16)21-25-20(31-26-21)12-27-9-1-2-15(11-27)22(28)24-17-7-8-18-19(10-17)30-13-29-18/h3-8,10,15H,1-2,9,11-13H2,(H,24,28). The highest BCUT2D eigenvalue weighted by Crippen LogP contribution is 2.34. The molecule has 1 atom stereocenters. The minimum absolute atomic E-state index is 0.00430. The molecule has 160 valence electrons. The second-order valence-electron chi connectivity index (χ2n) is 7.65. The fourth-order valence-corrected chi connectivity index (χ4v) is 4.12. The quantitative estimate of drug-likeness (QED) is 0.583. The molecule has 0 saturated carbocycles. The third kappa shape index (κ3) is 4.57. The molecule has 0 bridgehead atoms. The summed E-state index contributed by atoms with van der Waals surface area (Å²) in [7, 11) is 0. The maximum absolute atomic E-state index is 12.8. The van der Waals surface area contributed by atoms with Crippen molar-refractivity contribution in [2.75, 3.05) is 25.2 Å². The van der Waals surface area contributed by atoms with E-state index < -0.39 is 0 Å². The molecule has 1 unspecified atom stereocenters. The maximum atomic E-state index is 12.8. The number of anilines is 1. The molecular weight excluding hydrogens is 464 g/mol. The Balaban J connectivity index is 1.19. The summed E-state index contributed by atoms with van der Waals surface area (Å²) in [6.07, 6.45) is 1.79. The van der Waals surface area contributed by atoms with Crippen molar-refractivity contribution in [3.8, 4) is 22.9 Å². The van der Waals surface area contributed by atoms with E-state index in [1.54, 1.807) is 6.07 Å². The van der Waals surface area contributed by atoms with Gasteiger partial charge in [-0.3, -0.25) is 9.69 Å². The van der Waals surface area contributed by atoms with Gasteiger partial charge in [0.05, 0.1) is 12.5 Å². The van der Waals surface area contributed by atoms with Crippen LogP contribution in [0.25, 0.3) is 11.4 Å². The molecule has 1 N–H and O–H groups in total. The lowest BCUT2D eigenvalue weighted by Crippen LogP contribution is -2.40. The molecule has 1 aromatic heterocycles. The minimum atomic E-state index is -0.104. The van der Waals surface area contributed by atoms with Crippen LogP contribution in [-0.4, -0.2) is 40.8 Å². The van der Waals surface area contributed by atoms with Crippen molar-refractivity contribution in [2.45, 2.75) is 19.4 Å². The molecule has 0 radical (unpaired) electrons. The highest BCUT2D eigenvalue weighted by molar-refractivity contribution is 9.10. The number of aromatic nitrogens is 2. The molecular formula is C22H21BrN4O4. The van der Waals surface area contributed by atoms with E-state index in [0.29, 0.717) is 42.0 Å². The second-order valence-corrected chi connectivity index (χ2v) is 8.57. The Morgan fingerprint density at radius 1 is 1.16 bits per heavy atom. The Morgan fingerprint density at radius 2 is 2.00 bits per heavy atom. The van der Waals surface area contributed by atoms with Crippen LogP contribution in [-0.2, 0) is 11.3 Å². The number of hydrogen-bond donors (Lipinski definition) is 1. The topological polar surface area (TPSA) is 89.7 Å². The fourth-order valence-electron chi connectivity index (χ4n) is 3.86. The molecule has 31 heavy (non-hydrogen) atoms. The number of likely N-dealkylation sites (tertiary alicyclic amines) is 1. The highest BCUT2D eigenvalue weighted by atomic mass is 79.9. The molecule has 1 saturated heterocycles. The number of piperidine rings is 1. The van der Waals surface area contributed by atoms with Crippen molar-refractivity contribution in [3.05, 3.63) is 52.8 Å². The van der Waals surface area contributed by atoms with Gasteiger partial charge in [0.2, 0.25) is 24.4 Å². The predicted octanol–water partition coefficient (Wildman–Crippen LogP) is 4.08. The van der Waals surface area contributed by atoms with E-state index in [0.717, 1.165) is 29.4 Å². The number of nitrogens with one attached hydrogen (secondary N) is 1. The molecule has 1 fully saturated rings. The van der Waals surface area contributed by atoms with Crippen LogP contribution < -0.4 is 14.8 Å². The van der Waals surface area contributed by atoms with Gasteiger partial charge in [-0.25, -0.2) is 0 Å². The zero-order valence-electron chi connectivity index (χ0n) is 16.7. The lowest BCUT2D eigenvalue weighted by molar-refractivity contribution is -0.121. The summed E-state index contributed by atoms with van der Waals surface area (Å²) in [4.78, 5) is 19.5. The van der Waals surface area contributed by atoms with Crippen LogP contribution in [0.4, 0.5) is 5.69 Å². The van der Waals surface area contributed by atoms with E-state index in [1.165, 1.54) is 0 Å². The molecule has 1 amide bonds. The Bertz CT molecular complexity index is 1090. The minimum Gasteiger partial charge on any atom is -0.454 e. The van der Waals surface area contributed by atoms with Crippen LogP contribution in [0.5, 0.6) is 11.5 Å². The molecule has 2 aromatic carbocycles. The van der Waals surface area contributed by atoms with Crippen LogP contribution in [0.2, 0.25) is 0 Å². The highest BCUT2D eigenvalue weighted by Gasteiger charge is 2.27. The average Bonchev–Trinajstić information content (AvgIpc) is 3.44. The predicted molar refractivity (Wildman–Crippen MR) is 117 cm³/mol. The number of halogens is 1. The van der Waals surface area contributed by atoms with Crippen molar-refractivity contribution in [2.24, 2.45) is 5.92 Å². The van der Waals surface area contributed by atoms with E-state index in [1.807, 2.05) is 36.4 Å². The molecule has 2 aliphatic heterocycles. The van der Waals surface area contributed by atoms with E-state index in [-0.39, 0.29) is 18.6 Å². The van der Waals surface area contributed by atoms with Crippen molar-refractivity contribution in [1.82, 2.24) is 15.0 Å². The molecule has 3 aromatic rings. The van der Waals surface area contributed by atoms with E-state index >= 15 is 0 Å². The largest absolute Gasteiger partial charge is 0.454 e. The summed E-state index contributed by atoms with van der Waals surface area (Å²) >= 11 is 3.42. The van der Waals surface area contributed by atoms with Gasteiger partial charge in [0.1, 0.15) is 0 Å². The summed E-state index contributed by atoms with van der Waals surface area (Å²) in [6.45, 7) is 2.27. The number of hydrogen-bond acceptors (Lipinski definition) is 7. The van der Waals surface area contributed by atoms with Gasteiger partial charge in [0, 0.05) is 28.3 Å². The number of carbonyl (C=O) groups is 1. The first-order valence-corrected chi connectivity index (χ1v) is 10.9. The summed E-state index contributed by atoms with van der Waals surface area (Å²) in [6, 6.07) is 13.2. The zero-order chi connectivity index (χ0) is 21.2. The smallest absolute Gasteiger partial charge is 0.241 e. The van der Waals surface area contributed by atoms with Crippen molar-refractivity contribution in [3.63, 3.8) is 0 Å². The summed E-state index contributed by atoms with van der Waals surface area (Å²) in [5.41, 5.74) is 1.61. The fraction of sp³-hybridized carbons (Fsp3) is 0.318. The number of nitrogens with zero attached hydrogens (tertiary/aromatic N) is 3. The van der Waals surface area contributed by atoms with Crippen LogP contribution in [0.1, 0.15) is 18.7 Å². The number of benzene rings is 2. The van der Waals surface area contributed by atoms with Gasteiger partial charge in [-0.2, -0.15) is 4.98 Å². The lowest BCUT2D eigenvalue weighted by Gasteiger charge is -2.30. The molecule has 3 heterocycles. The zero-order valence-corrected chi connectivity index (χ0v) is 18.3. The van der Waals surface area contributed by atoms with Crippen molar-refractivity contribution < 1.29 is 18.8 Å². The maximum Gasteiger partial charge on any atom is 0.241 e. The number of carbonyl (C=O) groups excluding carboxylic acids is 1. The van der Waals surface area contributed by atoms with Gasteiger partial charge in [0.15, 0.2) is 11.5 Å². The molecule has 9 heteroatoms. The van der Waals surface area contributed by atoms with E-state index in [2.05, 4.69) is 36.3 Å². The van der Waals surface area contributed by atoms with Gasteiger partial charge < -0.3 is 19.3 Å². The number of fused-ring (bicyclic) bond motifs is 1. The first-order chi connectivity index (χ1) is 15.1. The van der Waals surface area contributed by atoms with Crippen LogP contribution in [0.3, 0.4) is 0 Å². The van der Waals surface area contributed by atoms with Crippen LogP contribution >= 0.6 is 15.9 Å². The molecule has 5 rings (SSSR count). The van der Waals surface area contributed by atoms with Crippen LogP contribution in [0.15, 0.2) is 51.5 Å². The molecule has 0 aliphatic carbocycles. The summed E-state index contributed by atoms with van der Waals surface area (Å²) in [5.74, 6) is 2.37. The van der Waals surface area contributed by atoms with Gasteiger partial charge >= 0.3 is 0 Å². The van der Waals surface area contributed by atoms with Gasteiger partial charge in [-0.15, -0.1) is 0 Å². The van der Waals surface area contributed by atoms with Gasteiger partial charge in [-0.05, 0) is 55.8 Å². The first-order valence-electron chi connectivity index (χ1n) is 10.2. The van der Waals surface area contributed by atoms with E-state index in [4.69, 9.17) is 14.0 Å². The Kier molecular flexibility index (Phi) is 5.61. The third-order valence-corrected chi connectivity index (χ3v) is 5.97. The monoisotopic (exact) mass is 484 g/mol. The van der Waals surface area contributed by atoms with E-state index in [9.17, 15) is 4.79 Å². The first kappa shape index (κ1) is 20.0. The number of amides is 1. The normalized spacial score (nSPS) is 18.2. The number of rotatable bonds is 5. The Labute approximate surface area is 187 Å². The summed E-state index contributed by atoms with van der Waals surface area (Å²) in [5, 5.41) is 7.09. The number of ether oxygens (including phenoxy) is 2. The molecule has 2 aliphatic rings. The van der Waals surface area contributed by atoms with Crippen molar-refractivity contribution >= 4 is 27.5 Å². The third-order valence-electron chi connectivity index (χ3n) is 5.45. The molecule has 0 spiro atoms. The average molecular weight is 485 g/mol. The van der Waals surface area contributed by atoms with Gasteiger partial charge in [0.25, 0.3) is 0 Å². The SMILES string of the molecule is O=C(Nc1ccc2c(c1)OCO2)C1CCCN(Cc2nc(-c3ccc(Br)cc3)no2)C1. The summed E-state index contributed by atoms with van der Waals surface area (Å²) < 4.78 is 17.1. The Morgan fingerprint density at radius 3 is 2.87 bits per heavy atom. The second kappa shape index (κ2) is 8.68. The van der Waals surface area contributed by atoms with Crippen molar-refractivity contribution in [1.29, 1.82) is 0 Å².